The molecule has 3 atom stereocenters. The molecule has 14 heteroatoms. The Bertz CT molecular complexity index is 993. The Morgan fingerprint density at radius 2 is 2.12 bits per heavy atom. The van der Waals surface area contributed by atoms with Gasteiger partial charge in [-0.1, -0.05) is 19.0 Å². The van der Waals surface area contributed by atoms with Gasteiger partial charge in [-0.05, 0) is 19.8 Å². The molecule has 0 spiro atoms. The van der Waals surface area contributed by atoms with E-state index in [2.05, 4.69) is 15.5 Å². The summed E-state index contributed by atoms with van der Waals surface area (Å²) in [6, 6.07) is -0.919. The fourth-order valence-corrected chi connectivity index (χ4v) is 4.88. The van der Waals surface area contributed by atoms with E-state index in [1.54, 1.807) is 0 Å². The smallest absolute Gasteiger partial charge is 0.352 e. The Morgan fingerprint density at radius 3 is 2.70 bits per heavy atom. The number of nitrogen functional groups attached to an aromatic ring is 1. The van der Waals surface area contributed by atoms with Gasteiger partial charge in [0.05, 0.1) is 6.61 Å². The van der Waals surface area contributed by atoms with Gasteiger partial charge >= 0.3 is 11.9 Å². The van der Waals surface area contributed by atoms with Gasteiger partial charge in [0, 0.05) is 11.9 Å². The summed E-state index contributed by atoms with van der Waals surface area (Å²) >= 11 is 2.16. The number of aromatic nitrogens is 1. The Labute approximate surface area is 197 Å². The van der Waals surface area contributed by atoms with Crippen molar-refractivity contribution in [3.63, 3.8) is 0 Å². The van der Waals surface area contributed by atoms with Gasteiger partial charge in [0.2, 0.25) is 11.5 Å². The number of amides is 2. The number of carbonyl (C=O) groups excluding carboxylic acids is 3. The van der Waals surface area contributed by atoms with E-state index in [0.717, 1.165) is 23.1 Å². The van der Waals surface area contributed by atoms with E-state index in [9.17, 15) is 24.3 Å². The molecule has 2 fully saturated rings. The van der Waals surface area contributed by atoms with Gasteiger partial charge < -0.3 is 30.6 Å². The summed E-state index contributed by atoms with van der Waals surface area (Å²) in [6.07, 6.45) is 0. The molecule has 0 saturated carbocycles. The number of rotatable bonds is 9. The second-order valence-electron chi connectivity index (χ2n) is 8.40. The number of carboxylic acids is 1. The number of hydrogen-bond donors (Lipinski definition) is 3. The first-order valence-electron chi connectivity index (χ1n) is 10.0. The number of fused-ring (bicyclic) bond motifs is 1. The first-order chi connectivity index (χ1) is 15.4. The number of anilines is 1. The number of hydrogen-bond acceptors (Lipinski definition) is 11. The van der Waals surface area contributed by atoms with Crippen molar-refractivity contribution in [2.24, 2.45) is 11.1 Å². The van der Waals surface area contributed by atoms with E-state index in [1.807, 2.05) is 13.8 Å². The SMILES string of the molecule is CC(C)COC(=O)C(C)(C)O/N=C(\C(=O)NC1C(=O)N2CC(C(=O)O)S[C@H]12)c1csc(N)n1. The molecular weight excluding hydrogens is 474 g/mol. The topological polar surface area (TPSA) is 174 Å². The van der Waals surface area contributed by atoms with Crippen LogP contribution in [0.2, 0.25) is 0 Å². The minimum atomic E-state index is -1.50. The van der Waals surface area contributed by atoms with Crippen LogP contribution in [-0.2, 0) is 28.8 Å². The molecule has 180 valence electrons. The standard InChI is InChI=1S/C19H25N5O7S2/c1-8(2)6-30-17(29)19(3,4)31-23-11(9-7-32-18(20)21-9)13(25)22-12-14(26)24-5-10(16(27)28)33-15(12)24/h7-8,10,12,15H,5-6H2,1-4H3,(H2,20,21)(H,22,25)(H,27,28)/b23-11-/t10?,12?,15-/m1/s1. The third-order valence-electron chi connectivity index (χ3n) is 4.75. The van der Waals surface area contributed by atoms with Crippen LogP contribution < -0.4 is 11.1 Å². The summed E-state index contributed by atoms with van der Waals surface area (Å²) in [6.45, 7) is 6.94. The highest BCUT2D eigenvalue weighted by Crippen LogP contribution is 2.40. The molecule has 1 aromatic rings. The zero-order valence-electron chi connectivity index (χ0n) is 18.4. The van der Waals surface area contributed by atoms with E-state index < -0.39 is 40.1 Å². The fourth-order valence-electron chi connectivity index (χ4n) is 2.95. The summed E-state index contributed by atoms with van der Waals surface area (Å²) in [5.41, 5.74) is 4.00. The number of nitrogens with zero attached hydrogens (tertiary/aromatic N) is 3. The highest BCUT2D eigenvalue weighted by Gasteiger charge is 2.55. The van der Waals surface area contributed by atoms with Crippen LogP contribution in [0.25, 0.3) is 0 Å². The molecule has 4 N–H and O–H groups in total. The van der Waals surface area contributed by atoms with Crippen LogP contribution in [0.3, 0.4) is 0 Å². The van der Waals surface area contributed by atoms with Crippen molar-refractivity contribution in [2.75, 3.05) is 18.9 Å². The number of carboxylic acid groups (broad SMARTS) is 1. The fraction of sp³-hybridized carbons (Fsp3) is 0.579. The summed E-state index contributed by atoms with van der Waals surface area (Å²) in [4.78, 5) is 59.7. The van der Waals surface area contributed by atoms with Crippen molar-refractivity contribution in [2.45, 2.75) is 50.0 Å². The summed E-state index contributed by atoms with van der Waals surface area (Å²) < 4.78 is 5.18. The number of thiazole rings is 1. The lowest BCUT2D eigenvalue weighted by atomic mass is 10.1. The van der Waals surface area contributed by atoms with E-state index in [1.165, 1.54) is 24.1 Å². The number of carbonyl (C=O) groups is 4. The van der Waals surface area contributed by atoms with Gasteiger partial charge in [-0.25, -0.2) is 9.78 Å². The van der Waals surface area contributed by atoms with E-state index in [4.69, 9.17) is 15.3 Å². The maximum atomic E-state index is 13.0. The quantitative estimate of drug-likeness (QED) is 0.185. The number of β-lactam (4-membered cyclic amide) rings is 1. The minimum Gasteiger partial charge on any atom is -0.480 e. The lowest BCUT2D eigenvalue weighted by Gasteiger charge is -2.41. The lowest BCUT2D eigenvalue weighted by Crippen LogP contribution is -2.67. The van der Waals surface area contributed by atoms with Crippen LogP contribution in [0.4, 0.5) is 5.13 Å². The Kier molecular flexibility index (Phi) is 7.17. The Balaban J connectivity index is 1.75. The Morgan fingerprint density at radius 1 is 1.42 bits per heavy atom. The molecule has 2 aliphatic heterocycles. The molecule has 33 heavy (non-hydrogen) atoms. The van der Waals surface area contributed by atoms with Crippen molar-refractivity contribution >= 4 is 57.7 Å². The van der Waals surface area contributed by atoms with Gasteiger partial charge in [-0.15, -0.1) is 23.1 Å². The van der Waals surface area contributed by atoms with Crippen molar-refractivity contribution in [1.82, 2.24) is 15.2 Å². The third kappa shape index (κ3) is 5.38. The number of esters is 1. The largest absolute Gasteiger partial charge is 0.480 e. The molecule has 0 bridgehead atoms. The third-order valence-corrected chi connectivity index (χ3v) is 6.91. The van der Waals surface area contributed by atoms with E-state index >= 15 is 0 Å². The molecule has 3 rings (SSSR count). The monoisotopic (exact) mass is 499 g/mol. The summed E-state index contributed by atoms with van der Waals surface area (Å²) in [7, 11) is 0. The second kappa shape index (κ2) is 9.55. The lowest BCUT2D eigenvalue weighted by molar-refractivity contribution is -0.169. The molecule has 0 aliphatic carbocycles. The van der Waals surface area contributed by atoms with Crippen LogP contribution in [0, 0.1) is 5.92 Å². The molecule has 2 saturated heterocycles. The van der Waals surface area contributed by atoms with Crippen LogP contribution in [0.5, 0.6) is 0 Å². The van der Waals surface area contributed by atoms with Crippen LogP contribution in [-0.4, -0.2) is 79.9 Å². The Hall–Kier alpha value is -2.87. The van der Waals surface area contributed by atoms with Crippen LogP contribution >= 0.6 is 23.1 Å². The highest BCUT2D eigenvalue weighted by molar-refractivity contribution is 8.01. The van der Waals surface area contributed by atoms with Crippen LogP contribution in [0.1, 0.15) is 33.4 Å². The number of ether oxygens (including phenoxy) is 1. The first kappa shape index (κ1) is 24.8. The van der Waals surface area contributed by atoms with Crippen molar-refractivity contribution in [1.29, 1.82) is 0 Å². The van der Waals surface area contributed by atoms with Crippen molar-refractivity contribution in [3.05, 3.63) is 11.1 Å². The molecule has 2 amide bonds. The molecule has 2 aliphatic rings. The summed E-state index contributed by atoms with van der Waals surface area (Å²) in [5, 5.41) is 16.0. The van der Waals surface area contributed by atoms with Gasteiger partial charge in [0.1, 0.15) is 22.4 Å². The average molecular weight is 500 g/mol. The molecular formula is C19H25N5O7S2. The van der Waals surface area contributed by atoms with Gasteiger partial charge in [0.25, 0.3) is 5.91 Å². The molecule has 1 aromatic heterocycles. The first-order valence-corrected chi connectivity index (χ1v) is 11.9. The number of nitrogens with one attached hydrogen (secondary N) is 1. The highest BCUT2D eigenvalue weighted by atomic mass is 32.2. The number of nitrogens with two attached hydrogens (primary N) is 1. The average Bonchev–Trinajstić information content (AvgIpc) is 3.34. The second-order valence-corrected chi connectivity index (χ2v) is 10.6. The predicted octanol–water partition coefficient (Wildman–Crippen LogP) is 0.277. The van der Waals surface area contributed by atoms with Gasteiger partial charge in [-0.2, -0.15) is 0 Å². The van der Waals surface area contributed by atoms with Gasteiger partial charge in [-0.3, -0.25) is 14.4 Å². The molecule has 2 unspecified atom stereocenters. The zero-order chi connectivity index (χ0) is 24.5. The van der Waals surface area contributed by atoms with Gasteiger partial charge in [0.15, 0.2) is 10.8 Å². The predicted molar refractivity (Wildman–Crippen MR) is 120 cm³/mol. The molecule has 12 nitrogen and oxygen atoms in total. The van der Waals surface area contributed by atoms with Crippen LogP contribution in [0.15, 0.2) is 10.5 Å². The summed E-state index contributed by atoms with van der Waals surface area (Å²) in [5.74, 6) is -2.72. The number of oxime groups is 1. The maximum Gasteiger partial charge on any atom is 0.352 e. The zero-order valence-corrected chi connectivity index (χ0v) is 20.1. The van der Waals surface area contributed by atoms with E-state index in [-0.39, 0.29) is 41.5 Å². The van der Waals surface area contributed by atoms with Crippen molar-refractivity contribution < 1.29 is 33.9 Å². The van der Waals surface area contributed by atoms with Crippen molar-refractivity contribution in [3.8, 4) is 0 Å². The number of aliphatic carboxylic acids is 1. The molecule has 0 radical (unpaired) electrons. The molecule has 3 heterocycles. The molecule has 0 aromatic carbocycles. The maximum absolute atomic E-state index is 13.0. The minimum absolute atomic E-state index is 0.0786. The normalized spacial score (nSPS) is 22.6. The number of thioether (sulfide) groups is 1. The van der Waals surface area contributed by atoms with E-state index in [0.29, 0.717) is 0 Å².